The van der Waals surface area contributed by atoms with Crippen molar-refractivity contribution in [3.8, 4) is 63.2 Å². The first kappa shape index (κ1) is 32.1. The van der Waals surface area contributed by atoms with Gasteiger partial charge in [0.1, 0.15) is 75.5 Å². The molecule has 11 heteroatoms. The largest absolute Gasteiger partial charge is 0.508 e. The summed E-state index contributed by atoms with van der Waals surface area (Å²) in [6.45, 7) is 0. The van der Waals surface area contributed by atoms with Gasteiger partial charge in [-0.05, 0) is 77.2 Å². The van der Waals surface area contributed by atoms with E-state index in [1.54, 1.807) is 42.5 Å². The van der Waals surface area contributed by atoms with E-state index in [1.807, 2.05) is 0 Å². The molecule has 0 spiro atoms. The second-order valence-corrected chi connectivity index (χ2v) is 13.8. The van der Waals surface area contributed by atoms with E-state index in [9.17, 15) is 46.0 Å². The molecule has 0 fully saturated rings. The quantitative estimate of drug-likeness (QED) is 0.0891. The fourth-order valence-electron chi connectivity index (χ4n) is 8.60. The SMILES string of the molecule is Oc1ccc(C2Oc3cc4c(c5c3C2c2cc(O)cc(O)c2C(c2ccc(O)cc2O)C5)C(c2cc(O)cc(O)c2)C(c2ccc(O)cc2O)O4)cc1. The Morgan fingerprint density at radius 2 is 0.943 bits per heavy atom. The molecule has 0 bridgehead atoms. The maximum atomic E-state index is 11.7. The van der Waals surface area contributed by atoms with Crippen LogP contribution in [0.15, 0.2) is 97.1 Å². The van der Waals surface area contributed by atoms with Gasteiger partial charge >= 0.3 is 0 Å². The van der Waals surface area contributed by atoms with Crippen LogP contribution in [-0.2, 0) is 6.42 Å². The van der Waals surface area contributed by atoms with Gasteiger partial charge in [0.25, 0.3) is 0 Å². The lowest BCUT2D eigenvalue weighted by Gasteiger charge is -2.25. The Morgan fingerprint density at radius 3 is 1.58 bits per heavy atom. The van der Waals surface area contributed by atoms with Crippen molar-refractivity contribution in [3.05, 3.63) is 147 Å². The average molecular weight is 713 g/mol. The van der Waals surface area contributed by atoms with Crippen LogP contribution >= 0.6 is 0 Å². The average Bonchev–Trinajstić information content (AvgIpc) is 3.61. The van der Waals surface area contributed by atoms with E-state index in [4.69, 9.17) is 9.47 Å². The third-order valence-corrected chi connectivity index (χ3v) is 10.7. The van der Waals surface area contributed by atoms with Gasteiger partial charge in [-0.25, -0.2) is 0 Å². The van der Waals surface area contributed by atoms with E-state index < -0.39 is 30.0 Å². The molecule has 5 atom stereocenters. The molecule has 0 radical (unpaired) electrons. The lowest BCUT2D eigenvalue weighted by Crippen LogP contribution is -2.14. The summed E-state index contributed by atoms with van der Waals surface area (Å²) >= 11 is 0. The van der Waals surface area contributed by atoms with Crippen molar-refractivity contribution in [1.29, 1.82) is 0 Å². The number of rotatable bonds is 4. The molecule has 1 aliphatic carbocycles. The Morgan fingerprint density at radius 1 is 0.396 bits per heavy atom. The molecule has 0 saturated carbocycles. The fourth-order valence-corrected chi connectivity index (χ4v) is 8.60. The van der Waals surface area contributed by atoms with E-state index in [0.29, 0.717) is 61.6 Å². The maximum Gasteiger partial charge on any atom is 0.138 e. The predicted octanol–water partition coefficient (Wildman–Crippen LogP) is 7.26. The Labute approximate surface area is 301 Å². The third-order valence-electron chi connectivity index (χ3n) is 10.7. The first-order valence-corrected chi connectivity index (χ1v) is 16.9. The zero-order chi connectivity index (χ0) is 36.9. The van der Waals surface area contributed by atoms with Crippen LogP contribution in [0.5, 0.6) is 63.2 Å². The highest BCUT2D eigenvalue weighted by molar-refractivity contribution is 5.70. The number of ether oxygens (including phenoxy) is 2. The molecule has 6 aromatic carbocycles. The van der Waals surface area contributed by atoms with Gasteiger partial charge in [-0.1, -0.05) is 18.2 Å². The van der Waals surface area contributed by atoms with Gasteiger partial charge in [-0.3, -0.25) is 0 Å². The summed E-state index contributed by atoms with van der Waals surface area (Å²) in [5, 5.41) is 97.0. The van der Waals surface area contributed by atoms with Gasteiger partial charge in [0, 0.05) is 64.1 Å². The van der Waals surface area contributed by atoms with Crippen molar-refractivity contribution in [2.75, 3.05) is 0 Å². The summed E-state index contributed by atoms with van der Waals surface area (Å²) in [7, 11) is 0. The maximum absolute atomic E-state index is 11.7. The molecule has 53 heavy (non-hydrogen) atoms. The fraction of sp³-hybridized carbons (Fsp3) is 0.143. The monoisotopic (exact) mass is 712 g/mol. The first-order valence-electron chi connectivity index (χ1n) is 16.9. The third kappa shape index (κ3) is 5.03. The van der Waals surface area contributed by atoms with Crippen molar-refractivity contribution in [2.24, 2.45) is 0 Å². The molecule has 0 amide bonds. The Kier molecular flexibility index (Phi) is 7.00. The Balaban J connectivity index is 1.37. The molecule has 11 nitrogen and oxygen atoms in total. The molecular formula is C42H32O11. The smallest absolute Gasteiger partial charge is 0.138 e. The predicted molar refractivity (Wildman–Crippen MR) is 190 cm³/mol. The molecule has 0 saturated heterocycles. The van der Waals surface area contributed by atoms with Crippen LogP contribution in [0.25, 0.3) is 0 Å². The Hall–Kier alpha value is -6.88. The summed E-state index contributed by atoms with van der Waals surface area (Å²) in [5.74, 6) is -2.93. The van der Waals surface area contributed by atoms with E-state index in [2.05, 4.69) is 0 Å². The van der Waals surface area contributed by atoms with Crippen LogP contribution in [0.1, 0.15) is 80.0 Å². The zero-order valence-corrected chi connectivity index (χ0v) is 27.7. The van der Waals surface area contributed by atoms with Crippen molar-refractivity contribution in [1.82, 2.24) is 0 Å². The number of phenolic OH excluding ortho intramolecular Hbond substituents is 9. The molecule has 5 unspecified atom stereocenters. The van der Waals surface area contributed by atoms with Gasteiger partial charge in [0.05, 0.1) is 11.8 Å². The normalized spacial score (nSPS) is 20.8. The minimum absolute atomic E-state index is 0.0532. The lowest BCUT2D eigenvalue weighted by atomic mass is 9.77. The molecular weight excluding hydrogens is 680 g/mol. The number of benzene rings is 6. The second-order valence-electron chi connectivity index (χ2n) is 13.8. The molecule has 6 aromatic rings. The molecule has 9 rings (SSSR count). The molecule has 266 valence electrons. The topological polar surface area (TPSA) is 201 Å². The van der Waals surface area contributed by atoms with E-state index in [0.717, 1.165) is 0 Å². The van der Waals surface area contributed by atoms with E-state index in [-0.39, 0.29) is 58.2 Å². The molecule has 0 aromatic heterocycles. The minimum atomic E-state index is -0.930. The number of phenols is 9. The molecule has 3 aliphatic rings. The molecule has 2 aliphatic heterocycles. The number of fused-ring (bicyclic) bond motifs is 4. The number of aromatic hydroxyl groups is 9. The van der Waals surface area contributed by atoms with Gasteiger partial charge in [-0.15, -0.1) is 0 Å². The van der Waals surface area contributed by atoms with Crippen molar-refractivity contribution < 1.29 is 55.4 Å². The van der Waals surface area contributed by atoms with Gasteiger partial charge in [-0.2, -0.15) is 0 Å². The minimum Gasteiger partial charge on any atom is -0.508 e. The summed E-state index contributed by atoms with van der Waals surface area (Å²) in [4.78, 5) is 0. The number of hydrogen-bond acceptors (Lipinski definition) is 11. The van der Waals surface area contributed by atoms with Gasteiger partial charge in [0.15, 0.2) is 0 Å². The van der Waals surface area contributed by atoms with Gasteiger partial charge < -0.3 is 55.4 Å². The standard InChI is InChI=1S/C42H32O11/c43-20-3-1-18(2-4-20)41-40-29-12-25(48)15-33(51)37(29)28(26-7-5-21(44)13-31(26)49)16-30-38-34(17-35(52-41)39(30)40)53-42(27-8-6-22(45)14-32(27)50)36(38)19-9-23(46)11-24(47)10-19/h1-15,17,28,36,40-51H,16H2. The molecule has 9 N–H and O–H groups in total. The van der Waals surface area contributed by atoms with Crippen molar-refractivity contribution in [2.45, 2.75) is 36.4 Å². The zero-order valence-electron chi connectivity index (χ0n) is 27.7. The number of hydrogen-bond donors (Lipinski definition) is 9. The summed E-state index contributed by atoms with van der Waals surface area (Å²) in [5.41, 5.74) is 4.83. The first-order chi connectivity index (χ1) is 25.4. The van der Waals surface area contributed by atoms with Crippen molar-refractivity contribution >= 4 is 0 Å². The Bertz CT molecular complexity index is 2450. The van der Waals surface area contributed by atoms with Crippen LogP contribution in [0.4, 0.5) is 0 Å². The van der Waals surface area contributed by atoms with Crippen molar-refractivity contribution in [3.63, 3.8) is 0 Å². The van der Waals surface area contributed by atoms with E-state index in [1.165, 1.54) is 54.6 Å². The van der Waals surface area contributed by atoms with Crippen LogP contribution in [0.3, 0.4) is 0 Å². The highest BCUT2D eigenvalue weighted by Crippen LogP contribution is 2.63. The van der Waals surface area contributed by atoms with E-state index >= 15 is 0 Å². The summed E-state index contributed by atoms with van der Waals surface area (Å²) in [6, 6.07) is 23.7. The second kappa shape index (κ2) is 11.6. The molecule has 2 heterocycles. The summed E-state index contributed by atoms with van der Waals surface area (Å²) in [6.07, 6.45) is -1.52. The lowest BCUT2D eigenvalue weighted by molar-refractivity contribution is 0.210. The van der Waals surface area contributed by atoms with Crippen LogP contribution in [0, 0.1) is 0 Å². The summed E-state index contributed by atoms with van der Waals surface area (Å²) < 4.78 is 13.4. The highest BCUT2D eigenvalue weighted by Gasteiger charge is 2.49. The highest BCUT2D eigenvalue weighted by atomic mass is 16.5. The van der Waals surface area contributed by atoms with Crippen LogP contribution < -0.4 is 9.47 Å². The van der Waals surface area contributed by atoms with Crippen LogP contribution in [0.2, 0.25) is 0 Å². The van der Waals surface area contributed by atoms with Crippen LogP contribution in [-0.4, -0.2) is 46.0 Å². The van der Waals surface area contributed by atoms with Gasteiger partial charge in [0.2, 0.25) is 0 Å².